The second-order valence-electron chi connectivity index (χ2n) is 2.56. The quantitative estimate of drug-likeness (QED) is 0.519. The number of carbonyl (C=O) groups excluding carboxylic acids is 1. The lowest BCUT2D eigenvalue weighted by molar-refractivity contribution is -0.131. The third-order valence-electron chi connectivity index (χ3n) is 1.78. The minimum absolute atomic E-state index is 0.0440. The average Bonchev–Trinajstić information content (AvgIpc) is 2.00. The monoisotopic (exact) mass is 218 g/mol. The Morgan fingerprint density at radius 3 is 2.91 bits per heavy atom. The molecule has 0 spiro atoms. The van der Waals surface area contributed by atoms with E-state index in [4.69, 9.17) is 0 Å². The van der Waals surface area contributed by atoms with Gasteiger partial charge in [-0.1, -0.05) is 22.0 Å². The Morgan fingerprint density at radius 2 is 2.45 bits per heavy atom. The first-order valence-electron chi connectivity index (χ1n) is 3.42. The fraction of sp³-hybridized carbons (Fsp3) is 0.571. The molecule has 1 heterocycles. The standard InChI is InChI=1S/C7H11BrN2O/c1-9-7(8)4-3-5-10(2)6(7)11/h3,5,9H,4H2,1-2H3. The predicted octanol–water partition coefficient (Wildman–Crippen LogP) is 0.673. The van der Waals surface area contributed by atoms with Gasteiger partial charge < -0.3 is 4.90 Å². The van der Waals surface area contributed by atoms with Crippen LogP contribution in [0.1, 0.15) is 6.42 Å². The lowest BCUT2D eigenvalue weighted by Gasteiger charge is -2.31. The summed E-state index contributed by atoms with van der Waals surface area (Å²) in [7, 11) is 3.50. The van der Waals surface area contributed by atoms with Crippen LogP contribution in [0.2, 0.25) is 0 Å². The number of hydrogen-bond donors (Lipinski definition) is 1. The van der Waals surface area contributed by atoms with Crippen LogP contribution in [-0.4, -0.2) is 29.4 Å². The van der Waals surface area contributed by atoms with Crippen LogP contribution >= 0.6 is 15.9 Å². The van der Waals surface area contributed by atoms with Gasteiger partial charge in [-0.05, 0) is 7.05 Å². The van der Waals surface area contributed by atoms with Gasteiger partial charge >= 0.3 is 0 Å². The van der Waals surface area contributed by atoms with Crippen LogP contribution < -0.4 is 5.32 Å². The van der Waals surface area contributed by atoms with Crippen molar-refractivity contribution in [2.24, 2.45) is 0 Å². The highest BCUT2D eigenvalue weighted by atomic mass is 79.9. The SMILES string of the molecule is CNC1(Br)CC=CN(C)C1=O. The smallest absolute Gasteiger partial charge is 0.257 e. The number of rotatable bonds is 1. The molecule has 0 fully saturated rings. The van der Waals surface area contributed by atoms with Gasteiger partial charge in [0.05, 0.1) is 0 Å². The Kier molecular flexibility index (Phi) is 2.34. The maximum absolute atomic E-state index is 11.4. The molecule has 1 amide bonds. The number of alkyl halides is 1. The van der Waals surface area contributed by atoms with Gasteiger partial charge in [0, 0.05) is 19.7 Å². The third kappa shape index (κ3) is 1.46. The summed E-state index contributed by atoms with van der Waals surface area (Å²) in [5, 5.41) is 2.93. The number of halogens is 1. The van der Waals surface area contributed by atoms with Crippen molar-refractivity contribution in [2.75, 3.05) is 14.1 Å². The molecule has 1 atom stereocenters. The van der Waals surface area contributed by atoms with E-state index in [1.165, 1.54) is 0 Å². The largest absolute Gasteiger partial charge is 0.320 e. The number of nitrogens with one attached hydrogen (secondary N) is 1. The molecule has 0 aromatic carbocycles. The molecular formula is C7H11BrN2O. The van der Waals surface area contributed by atoms with E-state index in [-0.39, 0.29) is 5.91 Å². The predicted molar refractivity (Wildman–Crippen MR) is 47.2 cm³/mol. The number of hydrogen-bond acceptors (Lipinski definition) is 2. The Hall–Kier alpha value is -0.350. The van der Waals surface area contributed by atoms with E-state index >= 15 is 0 Å². The minimum atomic E-state index is -0.587. The van der Waals surface area contributed by atoms with Gasteiger partial charge in [-0.3, -0.25) is 10.1 Å². The normalized spacial score (nSPS) is 31.2. The van der Waals surface area contributed by atoms with E-state index in [0.717, 1.165) is 0 Å². The molecule has 0 bridgehead atoms. The van der Waals surface area contributed by atoms with Crippen LogP contribution in [-0.2, 0) is 4.79 Å². The molecule has 0 aromatic rings. The zero-order valence-electron chi connectivity index (χ0n) is 6.60. The molecule has 1 rings (SSSR count). The molecular weight excluding hydrogens is 208 g/mol. The molecule has 1 N–H and O–H groups in total. The van der Waals surface area contributed by atoms with E-state index in [1.807, 2.05) is 6.08 Å². The number of nitrogens with zero attached hydrogens (tertiary/aromatic N) is 1. The second-order valence-corrected chi connectivity index (χ2v) is 3.91. The van der Waals surface area contributed by atoms with Crippen molar-refractivity contribution in [1.29, 1.82) is 0 Å². The molecule has 62 valence electrons. The Bertz CT molecular complexity index is 205. The Labute approximate surface area is 74.6 Å². The molecule has 3 nitrogen and oxygen atoms in total. The molecule has 1 aliphatic rings. The lowest BCUT2D eigenvalue weighted by Crippen LogP contribution is -2.51. The van der Waals surface area contributed by atoms with E-state index in [1.54, 1.807) is 25.2 Å². The molecule has 0 saturated carbocycles. The lowest BCUT2D eigenvalue weighted by atomic mass is 10.1. The van der Waals surface area contributed by atoms with Crippen LogP contribution in [0.5, 0.6) is 0 Å². The first kappa shape index (κ1) is 8.74. The highest BCUT2D eigenvalue weighted by Gasteiger charge is 2.36. The number of likely N-dealkylation sites (N-methyl/N-ethyl adjacent to an activating group) is 2. The summed E-state index contributed by atoms with van der Waals surface area (Å²) in [4.78, 5) is 13.0. The van der Waals surface area contributed by atoms with E-state index < -0.39 is 4.45 Å². The summed E-state index contributed by atoms with van der Waals surface area (Å²) in [6, 6.07) is 0. The van der Waals surface area contributed by atoms with Crippen LogP contribution in [0.25, 0.3) is 0 Å². The van der Waals surface area contributed by atoms with Crippen molar-refractivity contribution in [3.05, 3.63) is 12.3 Å². The second kappa shape index (κ2) is 2.95. The minimum Gasteiger partial charge on any atom is -0.320 e. The fourth-order valence-electron chi connectivity index (χ4n) is 1.02. The highest BCUT2D eigenvalue weighted by molar-refractivity contribution is 9.10. The third-order valence-corrected chi connectivity index (χ3v) is 2.84. The summed E-state index contributed by atoms with van der Waals surface area (Å²) in [6.07, 6.45) is 4.42. The maximum Gasteiger partial charge on any atom is 0.257 e. The molecule has 0 radical (unpaired) electrons. The van der Waals surface area contributed by atoms with Crippen LogP contribution in [0.3, 0.4) is 0 Å². The first-order chi connectivity index (χ1) is 5.10. The molecule has 0 aliphatic carbocycles. The maximum atomic E-state index is 11.4. The average molecular weight is 219 g/mol. The molecule has 4 heteroatoms. The molecule has 0 aromatic heterocycles. The van der Waals surface area contributed by atoms with E-state index in [2.05, 4.69) is 21.2 Å². The molecule has 1 aliphatic heterocycles. The summed E-state index contributed by atoms with van der Waals surface area (Å²) in [5.74, 6) is 0.0440. The number of amides is 1. The molecule has 11 heavy (non-hydrogen) atoms. The first-order valence-corrected chi connectivity index (χ1v) is 4.21. The van der Waals surface area contributed by atoms with E-state index in [9.17, 15) is 4.79 Å². The Morgan fingerprint density at radius 1 is 1.82 bits per heavy atom. The Balaban J connectivity index is 2.86. The highest BCUT2D eigenvalue weighted by Crippen LogP contribution is 2.25. The fourth-order valence-corrected chi connectivity index (χ4v) is 1.48. The van der Waals surface area contributed by atoms with Gasteiger partial charge in [0.1, 0.15) is 0 Å². The molecule has 1 unspecified atom stereocenters. The summed E-state index contributed by atoms with van der Waals surface area (Å²) in [6.45, 7) is 0. The van der Waals surface area contributed by atoms with E-state index in [0.29, 0.717) is 6.42 Å². The summed E-state index contributed by atoms with van der Waals surface area (Å²) >= 11 is 3.35. The zero-order chi connectivity index (χ0) is 8.48. The van der Waals surface area contributed by atoms with Crippen molar-refractivity contribution >= 4 is 21.8 Å². The van der Waals surface area contributed by atoms with Gasteiger partial charge in [-0.2, -0.15) is 0 Å². The van der Waals surface area contributed by atoms with Crippen molar-refractivity contribution in [3.8, 4) is 0 Å². The van der Waals surface area contributed by atoms with Crippen LogP contribution in [0.15, 0.2) is 12.3 Å². The van der Waals surface area contributed by atoms with Crippen LogP contribution in [0.4, 0.5) is 0 Å². The topological polar surface area (TPSA) is 32.3 Å². The summed E-state index contributed by atoms with van der Waals surface area (Å²) < 4.78 is -0.587. The zero-order valence-corrected chi connectivity index (χ0v) is 8.18. The van der Waals surface area contributed by atoms with Gasteiger partial charge in [-0.15, -0.1) is 0 Å². The van der Waals surface area contributed by atoms with Crippen molar-refractivity contribution in [3.63, 3.8) is 0 Å². The molecule has 0 saturated heterocycles. The van der Waals surface area contributed by atoms with Crippen molar-refractivity contribution in [1.82, 2.24) is 10.2 Å². The summed E-state index contributed by atoms with van der Waals surface area (Å²) in [5.41, 5.74) is 0. The van der Waals surface area contributed by atoms with Gasteiger partial charge in [0.2, 0.25) is 0 Å². The van der Waals surface area contributed by atoms with Gasteiger partial charge in [0.25, 0.3) is 5.91 Å². The van der Waals surface area contributed by atoms with Gasteiger partial charge in [-0.25, -0.2) is 0 Å². The van der Waals surface area contributed by atoms with Gasteiger partial charge in [0.15, 0.2) is 4.45 Å². The van der Waals surface area contributed by atoms with Crippen LogP contribution in [0, 0.1) is 0 Å². The van der Waals surface area contributed by atoms with Crippen molar-refractivity contribution < 1.29 is 4.79 Å². The number of carbonyl (C=O) groups is 1. The van der Waals surface area contributed by atoms with Crippen molar-refractivity contribution in [2.45, 2.75) is 10.9 Å².